The van der Waals surface area contributed by atoms with Crippen LogP contribution in [0.5, 0.6) is 5.88 Å². The van der Waals surface area contributed by atoms with Crippen molar-refractivity contribution in [2.24, 2.45) is 0 Å². The maximum Gasteiger partial charge on any atom is 0.212 e. The Balaban J connectivity index is 1.62. The fourth-order valence-electron chi connectivity index (χ4n) is 1.94. The third-order valence-electron chi connectivity index (χ3n) is 3.07. The lowest BCUT2D eigenvalue weighted by atomic mass is 10.2. The lowest BCUT2D eigenvalue weighted by molar-refractivity contribution is 0.397. The maximum absolute atomic E-state index is 5.04. The van der Waals surface area contributed by atoms with E-state index in [0.717, 1.165) is 28.4 Å². The summed E-state index contributed by atoms with van der Waals surface area (Å²) >= 11 is 1.64. The van der Waals surface area contributed by atoms with Crippen molar-refractivity contribution in [2.45, 2.75) is 6.54 Å². The summed E-state index contributed by atoms with van der Waals surface area (Å²) in [6, 6.07) is 12.1. The summed E-state index contributed by atoms with van der Waals surface area (Å²) in [6.45, 7) is 0.730. The first-order valence-electron chi connectivity index (χ1n) is 6.58. The zero-order chi connectivity index (χ0) is 14.5. The zero-order valence-corrected chi connectivity index (χ0v) is 12.4. The number of hydrogen-bond donors (Lipinski definition) is 1. The molecule has 0 spiro atoms. The molecule has 4 nitrogen and oxygen atoms in total. The number of pyridine rings is 1. The monoisotopic (exact) mass is 297 g/mol. The molecule has 0 unspecified atom stereocenters. The molecule has 0 amide bonds. The first-order valence-corrected chi connectivity index (χ1v) is 7.46. The van der Waals surface area contributed by atoms with E-state index in [1.54, 1.807) is 18.4 Å². The first kappa shape index (κ1) is 13.6. The predicted molar refractivity (Wildman–Crippen MR) is 85.7 cm³/mol. The summed E-state index contributed by atoms with van der Waals surface area (Å²) in [4.78, 5) is 8.49. The van der Waals surface area contributed by atoms with Gasteiger partial charge in [-0.05, 0) is 29.8 Å². The van der Waals surface area contributed by atoms with E-state index in [1.807, 2.05) is 29.9 Å². The van der Waals surface area contributed by atoms with Gasteiger partial charge in [0.15, 0.2) is 0 Å². The third-order valence-corrected chi connectivity index (χ3v) is 3.89. The second-order valence-corrected chi connectivity index (χ2v) is 5.37. The van der Waals surface area contributed by atoms with E-state index in [2.05, 4.69) is 39.6 Å². The average Bonchev–Trinajstić information content (AvgIpc) is 3.08. The van der Waals surface area contributed by atoms with Gasteiger partial charge in [0.2, 0.25) is 5.88 Å². The minimum Gasteiger partial charge on any atom is -0.481 e. The van der Waals surface area contributed by atoms with Gasteiger partial charge in [0.1, 0.15) is 5.01 Å². The van der Waals surface area contributed by atoms with E-state index in [0.29, 0.717) is 5.88 Å². The summed E-state index contributed by atoms with van der Waals surface area (Å²) in [6.07, 6.45) is 3.64. The van der Waals surface area contributed by atoms with Gasteiger partial charge in [-0.1, -0.05) is 6.07 Å². The van der Waals surface area contributed by atoms with E-state index in [4.69, 9.17) is 4.74 Å². The Kier molecular flexibility index (Phi) is 4.12. The molecule has 0 saturated heterocycles. The molecule has 0 radical (unpaired) electrons. The van der Waals surface area contributed by atoms with Crippen LogP contribution in [0.3, 0.4) is 0 Å². The maximum atomic E-state index is 5.04. The predicted octanol–water partition coefficient (Wildman–Crippen LogP) is 3.83. The van der Waals surface area contributed by atoms with Gasteiger partial charge in [-0.15, -0.1) is 11.3 Å². The smallest absolute Gasteiger partial charge is 0.212 e. The molecule has 0 bridgehead atoms. The van der Waals surface area contributed by atoms with Gasteiger partial charge in [-0.3, -0.25) is 0 Å². The highest BCUT2D eigenvalue weighted by molar-refractivity contribution is 7.13. The molecule has 1 N–H and O–H groups in total. The molecule has 3 aromatic rings. The van der Waals surface area contributed by atoms with E-state index < -0.39 is 0 Å². The fraction of sp³-hybridized carbons (Fsp3) is 0.125. The molecule has 0 aliphatic heterocycles. The van der Waals surface area contributed by atoms with Gasteiger partial charge in [0.05, 0.1) is 7.11 Å². The second-order valence-electron chi connectivity index (χ2n) is 4.48. The van der Waals surface area contributed by atoms with Crippen molar-refractivity contribution in [3.8, 4) is 16.5 Å². The van der Waals surface area contributed by atoms with Gasteiger partial charge < -0.3 is 10.1 Å². The normalized spacial score (nSPS) is 10.3. The van der Waals surface area contributed by atoms with Crippen LogP contribution in [-0.2, 0) is 6.54 Å². The average molecular weight is 297 g/mol. The van der Waals surface area contributed by atoms with Crippen LogP contribution in [0.4, 0.5) is 5.69 Å². The molecule has 1 aromatic carbocycles. The molecule has 5 heteroatoms. The van der Waals surface area contributed by atoms with Crippen LogP contribution in [0, 0.1) is 0 Å². The van der Waals surface area contributed by atoms with Crippen LogP contribution >= 0.6 is 11.3 Å². The highest BCUT2D eigenvalue weighted by Crippen LogP contribution is 2.23. The molecule has 0 saturated carbocycles. The van der Waals surface area contributed by atoms with E-state index in [-0.39, 0.29) is 0 Å². The summed E-state index contributed by atoms with van der Waals surface area (Å²) < 4.78 is 5.04. The lowest BCUT2D eigenvalue weighted by Crippen LogP contribution is -2.00. The number of ether oxygens (including phenoxy) is 1. The molecule has 0 atom stereocenters. The van der Waals surface area contributed by atoms with Crippen molar-refractivity contribution in [3.05, 3.63) is 59.7 Å². The lowest BCUT2D eigenvalue weighted by Gasteiger charge is -2.07. The number of nitrogens with zero attached hydrogens (tertiary/aromatic N) is 2. The summed E-state index contributed by atoms with van der Waals surface area (Å²) in [5.41, 5.74) is 3.33. The molecule has 2 aromatic heterocycles. The highest BCUT2D eigenvalue weighted by Gasteiger charge is 2.00. The van der Waals surface area contributed by atoms with Gasteiger partial charge in [-0.25, -0.2) is 9.97 Å². The largest absolute Gasteiger partial charge is 0.481 e. The fourth-order valence-corrected chi connectivity index (χ4v) is 2.58. The van der Waals surface area contributed by atoms with Gasteiger partial charge in [-0.2, -0.15) is 0 Å². The van der Waals surface area contributed by atoms with Crippen LogP contribution in [0.15, 0.2) is 54.2 Å². The summed E-state index contributed by atoms with van der Waals surface area (Å²) in [5, 5.41) is 6.40. The van der Waals surface area contributed by atoms with Gasteiger partial charge >= 0.3 is 0 Å². The zero-order valence-electron chi connectivity index (χ0n) is 11.6. The first-order chi connectivity index (χ1) is 10.3. The minimum absolute atomic E-state index is 0.631. The van der Waals surface area contributed by atoms with Crippen LogP contribution in [0.2, 0.25) is 0 Å². The Hall–Kier alpha value is -2.40. The number of aromatic nitrogens is 2. The number of rotatable bonds is 5. The van der Waals surface area contributed by atoms with Crippen LogP contribution in [0.25, 0.3) is 10.6 Å². The quantitative estimate of drug-likeness (QED) is 0.777. The Morgan fingerprint density at radius 1 is 1.10 bits per heavy atom. The molecular weight excluding hydrogens is 282 g/mol. The number of nitrogens with one attached hydrogen (secondary N) is 1. The Labute approximate surface area is 127 Å². The van der Waals surface area contributed by atoms with Crippen molar-refractivity contribution >= 4 is 17.0 Å². The number of hydrogen-bond acceptors (Lipinski definition) is 5. The van der Waals surface area contributed by atoms with Crippen molar-refractivity contribution < 1.29 is 4.74 Å². The van der Waals surface area contributed by atoms with E-state index in [1.165, 1.54) is 0 Å². The van der Waals surface area contributed by atoms with Crippen LogP contribution in [-0.4, -0.2) is 17.1 Å². The second kappa shape index (κ2) is 6.37. The summed E-state index contributed by atoms with van der Waals surface area (Å²) in [7, 11) is 1.62. The Morgan fingerprint density at radius 3 is 2.57 bits per heavy atom. The van der Waals surface area contributed by atoms with Gasteiger partial charge in [0, 0.05) is 41.6 Å². The van der Waals surface area contributed by atoms with Crippen molar-refractivity contribution in [1.82, 2.24) is 9.97 Å². The molecule has 21 heavy (non-hydrogen) atoms. The SMILES string of the molecule is COc1ccc(CNc2ccc(-c3nccs3)cc2)cn1. The third kappa shape index (κ3) is 3.38. The molecule has 0 fully saturated rings. The number of benzene rings is 1. The minimum atomic E-state index is 0.631. The van der Waals surface area contributed by atoms with Crippen molar-refractivity contribution in [3.63, 3.8) is 0 Å². The van der Waals surface area contributed by atoms with Crippen LogP contribution < -0.4 is 10.1 Å². The van der Waals surface area contributed by atoms with Gasteiger partial charge in [0.25, 0.3) is 0 Å². The topological polar surface area (TPSA) is 47.0 Å². The van der Waals surface area contributed by atoms with Crippen molar-refractivity contribution in [1.29, 1.82) is 0 Å². The Morgan fingerprint density at radius 2 is 1.95 bits per heavy atom. The standard InChI is InChI=1S/C16H15N3OS/c1-20-15-7-2-12(11-19-15)10-18-14-5-3-13(4-6-14)16-17-8-9-21-16/h2-9,11,18H,10H2,1H3. The molecule has 0 aliphatic carbocycles. The molecule has 3 rings (SSSR count). The Bertz CT molecular complexity index is 679. The van der Waals surface area contributed by atoms with Crippen molar-refractivity contribution in [2.75, 3.05) is 12.4 Å². The molecule has 106 valence electrons. The number of methoxy groups -OCH3 is 1. The summed E-state index contributed by atoms with van der Waals surface area (Å²) in [5.74, 6) is 0.631. The number of anilines is 1. The van der Waals surface area contributed by atoms with E-state index in [9.17, 15) is 0 Å². The van der Waals surface area contributed by atoms with Crippen LogP contribution in [0.1, 0.15) is 5.56 Å². The highest BCUT2D eigenvalue weighted by atomic mass is 32.1. The molecular formula is C16H15N3OS. The van der Waals surface area contributed by atoms with E-state index >= 15 is 0 Å². The molecule has 0 aliphatic rings. The molecule has 2 heterocycles. The number of thiazole rings is 1.